The Morgan fingerprint density at radius 2 is 1.73 bits per heavy atom. The number of carbonyl (C=O) groups is 1. The fourth-order valence-corrected chi connectivity index (χ4v) is 4.05. The average Bonchev–Trinajstić information content (AvgIpc) is 3.22. The number of thiazole rings is 1. The Morgan fingerprint density at radius 3 is 2.40 bits per heavy atom. The van der Waals surface area contributed by atoms with E-state index in [4.69, 9.17) is 14.2 Å². The van der Waals surface area contributed by atoms with Gasteiger partial charge in [0.25, 0.3) is 5.91 Å². The van der Waals surface area contributed by atoms with E-state index in [1.165, 1.54) is 21.3 Å². The van der Waals surface area contributed by atoms with Gasteiger partial charge in [0.15, 0.2) is 11.5 Å². The summed E-state index contributed by atoms with van der Waals surface area (Å²) in [7, 11) is 4.54. The number of para-hydroxylation sites is 1. The van der Waals surface area contributed by atoms with Crippen LogP contribution >= 0.6 is 11.3 Å². The number of carbonyl (C=O) groups excluding carboxylic acids is 1. The first-order valence-corrected chi connectivity index (χ1v) is 9.87. The maximum Gasteiger partial charge on any atom is 0.255 e. The summed E-state index contributed by atoms with van der Waals surface area (Å²) in [5.41, 5.74) is 2.69. The van der Waals surface area contributed by atoms with Crippen molar-refractivity contribution in [2.24, 2.45) is 0 Å². The van der Waals surface area contributed by atoms with Gasteiger partial charge in [0, 0.05) is 17.3 Å². The largest absolute Gasteiger partial charge is 0.493 e. The minimum atomic E-state index is -0.301. The van der Waals surface area contributed by atoms with E-state index in [0.717, 1.165) is 20.8 Å². The zero-order valence-corrected chi connectivity index (χ0v) is 17.4. The molecule has 0 bridgehead atoms. The summed E-state index contributed by atoms with van der Waals surface area (Å²) in [5, 5.41) is 3.77. The van der Waals surface area contributed by atoms with E-state index in [2.05, 4.69) is 15.3 Å². The van der Waals surface area contributed by atoms with Gasteiger partial charge < -0.3 is 19.5 Å². The van der Waals surface area contributed by atoms with Crippen molar-refractivity contribution in [2.75, 3.05) is 26.6 Å². The Balaban J connectivity index is 1.69. The highest BCUT2D eigenvalue weighted by atomic mass is 32.1. The fourth-order valence-electron chi connectivity index (χ4n) is 3.08. The highest BCUT2D eigenvalue weighted by Gasteiger charge is 2.18. The number of hydrogen-bond acceptors (Lipinski definition) is 7. The molecule has 0 aliphatic carbocycles. The van der Waals surface area contributed by atoms with Crippen molar-refractivity contribution in [1.82, 2.24) is 9.97 Å². The number of amides is 1. The number of hydrogen-bond donors (Lipinski definition) is 1. The third kappa shape index (κ3) is 3.65. The first-order chi connectivity index (χ1) is 14.6. The number of anilines is 1. The number of nitrogens with zero attached hydrogens (tertiary/aromatic N) is 2. The van der Waals surface area contributed by atoms with Crippen LogP contribution in [0.1, 0.15) is 10.4 Å². The molecular weight excluding hydrogens is 402 g/mol. The summed E-state index contributed by atoms with van der Waals surface area (Å²) in [6.45, 7) is 0. The number of rotatable bonds is 6. The second-order valence-corrected chi connectivity index (χ2v) is 7.31. The normalized spacial score (nSPS) is 10.6. The van der Waals surface area contributed by atoms with Crippen molar-refractivity contribution >= 4 is 33.1 Å². The van der Waals surface area contributed by atoms with E-state index in [9.17, 15) is 4.79 Å². The van der Waals surface area contributed by atoms with Crippen molar-refractivity contribution in [3.8, 4) is 27.8 Å². The van der Waals surface area contributed by atoms with Gasteiger partial charge in [-0.05, 0) is 30.3 Å². The lowest BCUT2D eigenvalue weighted by Crippen LogP contribution is -2.13. The first kappa shape index (κ1) is 19.7. The van der Waals surface area contributed by atoms with Gasteiger partial charge >= 0.3 is 0 Å². The summed E-state index contributed by atoms with van der Waals surface area (Å²) in [4.78, 5) is 21.8. The molecule has 152 valence electrons. The standard InChI is InChI=1S/C22H19N3O4S/c1-27-17-10-13(11-18(28-2)20(17)29-3)21(26)24-15-7-5-4-6-14(15)22-25-16-12-23-9-8-19(16)30-22/h4-12H,1-3H3,(H,24,26). The van der Waals surface area contributed by atoms with Crippen LogP contribution in [0.2, 0.25) is 0 Å². The third-order valence-corrected chi connectivity index (χ3v) is 5.59. The Labute approximate surface area is 177 Å². The van der Waals surface area contributed by atoms with Crippen molar-refractivity contribution in [3.63, 3.8) is 0 Å². The van der Waals surface area contributed by atoms with E-state index in [0.29, 0.717) is 28.5 Å². The predicted octanol–water partition coefficient (Wildman–Crippen LogP) is 4.64. The summed E-state index contributed by atoms with van der Waals surface area (Å²) in [6.07, 6.45) is 3.47. The Hall–Kier alpha value is -3.65. The molecular formula is C22H19N3O4S. The Kier molecular flexibility index (Phi) is 5.49. The molecule has 7 nitrogen and oxygen atoms in total. The molecule has 0 atom stereocenters. The van der Waals surface area contributed by atoms with Crippen LogP contribution in [0.4, 0.5) is 5.69 Å². The van der Waals surface area contributed by atoms with E-state index >= 15 is 0 Å². The molecule has 1 amide bonds. The number of aromatic nitrogens is 2. The average molecular weight is 421 g/mol. The molecule has 0 radical (unpaired) electrons. The molecule has 0 aliphatic heterocycles. The molecule has 4 aromatic rings. The van der Waals surface area contributed by atoms with Crippen LogP contribution in [-0.2, 0) is 0 Å². The summed E-state index contributed by atoms with van der Waals surface area (Å²) < 4.78 is 17.1. The molecule has 0 saturated heterocycles. The highest BCUT2D eigenvalue weighted by molar-refractivity contribution is 7.21. The van der Waals surface area contributed by atoms with E-state index in [-0.39, 0.29) is 5.91 Å². The molecule has 0 unspecified atom stereocenters. The van der Waals surface area contributed by atoms with Gasteiger partial charge in [-0.25, -0.2) is 4.98 Å². The van der Waals surface area contributed by atoms with E-state index in [1.54, 1.807) is 35.9 Å². The topological polar surface area (TPSA) is 82.6 Å². The molecule has 30 heavy (non-hydrogen) atoms. The highest BCUT2D eigenvalue weighted by Crippen LogP contribution is 2.39. The molecule has 2 heterocycles. The van der Waals surface area contributed by atoms with Gasteiger partial charge in [0.1, 0.15) is 10.5 Å². The molecule has 8 heteroatoms. The van der Waals surface area contributed by atoms with Gasteiger partial charge in [-0.15, -0.1) is 11.3 Å². The summed E-state index contributed by atoms with van der Waals surface area (Å²) in [6, 6.07) is 12.7. The molecule has 0 aliphatic rings. The van der Waals surface area contributed by atoms with Crippen LogP contribution in [0, 0.1) is 0 Å². The SMILES string of the molecule is COc1cc(C(=O)Nc2ccccc2-c2nc3cnccc3s2)cc(OC)c1OC. The molecule has 4 rings (SSSR count). The van der Waals surface area contributed by atoms with Gasteiger partial charge in [-0.3, -0.25) is 9.78 Å². The van der Waals surface area contributed by atoms with Gasteiger partial charge in [-0.1, -0.05) is 12.1 Å². The summed E-state index contributed by atoms with van der Waals surface area (Å²) >= 11 is 1.55. The number of methoxy groups -OCH3 is 3. The monoisotopic (exact) mass is 421 g/mol. The molecule has 0 fully saturated rings. The number of benzene rings is 2. The zero-order chi connectivity index (χ0) is 21.1. The van der Waals surface area contributed by atoms with Crippen molar-refractivity contribution in [2.45, 2.75) is 0 Å². The minimum Gasteiger partial charge on any atom is -0.493 e. The molecule has 1 N–H and O–H groups in total. The van der Waals surface area contributed by atoms with Gasteiger partial charge in [-0.2, -0.15) is 0 Å². The second kappa shape index (κ2) is 8.38. The molecule has 0 saturated carbocycles. The number of fused-ring (bicyclic) bond motifs is 1. The first-order valence-electron chi connectivity index (χ1n) is 9.06. The van der Waals surface area contributed by atoms with Crippen molar-refractivity contribution in [3.05, 3.63) is 60.4 Å². The van der Waals surface area contributed by atoms with Gasteiger partial charge in [0.05, 0.1) is 37.9 Å². The lowest BCUT2D eigenvalue weighted by molar-refractivity contribution is 0.102. The zero-order valence-electron chi connectivity index (χ0n) is 16.6. The van der Waals surface area contributed by atoms with Crippen LogP contribution in [0.3, 0.4) is 0 Å². The van der Waals surface area contributed by atoms with Crippen LogP contribution < -0.4 is 19.5 Å². The third-order valence-electron chi connectivity index (χ3n) is 4.52. The number of pyridine rings is 1. The Bertz CT molecular complexity index is 1160. The number of nitrogens with one attached hydrogen (secondary N) is 1. The van der Waals surface area contributed by atoms with Gasteiger partial charge in [0.2, 0.25) is 5.75 Å². The lowest BCUT2D eigenvalue weighted by atomic mass is 10.1. The van der Waals surface area contributed by atoms with E-state index < -0.39 is 0 Å². The van der Waals surface area contributed by atoms with Crippen LogP contribution in [0.5, 0.6) is 17.2 Å². The molecule has 0 spiro atoms. The van der Waals surface area contributed by atoms with Crippen LogP contribution in [0.15, 0.2) is 54.9 Å². The maximum atomic E-state index is 13.0. The second-order valence-electron chi connectivity index (χ2n) is 6.28. The van der Waals surface area contributed by atoms with Crippen molar-refractivity contribution in [1.29, 1.82) is 0 Å². The fraction of sp³-hybridized carbons (Fsp3) is 0.136. The maximum absolute atomic E-state index is 13.0. The molecule has 2 aromatic carbocycles. The Morgan fingerprint density at radius 1 is 1.00 bits per heavy atom. The lowest BCUT2D eigenvalue weighted by Gasteiger charge is -2.14. The molecule has 2 aromatic heterocycles. The number of ether oxygens (including phenoxy) is 3. The van der Waals surface area contributed by atoms with Crippen LogP contribution in [0.25, 0.3) is 20.8 Å². The predicted molar refractivity (Wildman–Crippen MR) is 117 cm³/mol. The smallest absolute Gasteiger partial charge is 0.255 e. The minimum absolute atomic E-state index is 0.301. The van der Waals surface area contributed by atoms with E-state index in [1.807, 2.05) is 30.3 Å². The summed E-state index contributed by atoms with van der Waals surface area (Å²) in [5.74, 6) is 0.951. The quantitative estimate of drug-likeness (QED) is 0.489. The van der Waals surface area contributed by atoms with Crippen molar-refractivity contribution < 1.29 is 19.0 Å². The van der Waals surface area contributed by atoms with Crippen LogP contribution in [-0.4, -0.2) is 37.2 Å².